The highest BCUT2D eigenvalue weighted by molar-refractivity contribution is 9.10. The minimum Gasteiger partial charge on any atom is -0.493 e. The second-order valence-corrected chi connectivity index (χ2v) is 6.38. The van der Waals surface area contributed by atoms with Crippen LogP contribution >= 0.6 is 15.9 Å². The summed E-state index contributed by atoms with van der Waals surface area (Å²) in [6.45, 7) is 4.71. The zero-order valence-corrected chi connectivity index (χ0v) is 16.4. The molecule has 1 heterocycles. The number of nitrogens with one attached hydrogen (secondary N) is 1. The smallest absolute Gasteiger partial charge is 0.349 e. The SMILES string of the molecule is CCOc1cc(OCC)c(C=Nn2c(=O)[nH]c3ccccc3c2=O)cc1Br. The molecule has 7 nitrogen and oxygen atoms in total. The molecule has 0 aliphatic heterocycles. The Morgan fingerprint density at radius 1 is 1.11 bits per heavy atom. The maximum atomic E-state index is 12.6. The third kappa shape index (κ3) is 3.95. The Morgan fingerprint density at radius 3 is 2.56 bits per heavy atom. The van der Waals surface area contributed by atoms with Crippen LogP contribution in [0.1, 0.15) is 19.4 Å². The highest BCUT2D eigenvalue weighted by Crippen LogP contribution is 2.32. The van der Waals surface area contributed by atoms with Gasteiger partial charge < -0.3 is 14.5 Å². The van der Waals surface area contributed by atoms with Gasteiger partial charge in [0.2, 0.25) is 0 Å². The van der Waals surface area contributed by atoms with Crippen LogP contribution in [0, 0.1) is 0 Å². The first-order valence-electron chi connectivity index (χ1n) is 8.42. The van der Waals surface area contributed by atoms with Crippen molar-refractivity contribution in [2.45, 2.75) is 13.8 Å². The number of para-hydroxylation sites is 1. The molecule has 0 saturated carbocycles. The van der Waals surface area contributed by atoms with Crippen LogP contribution in [-0.4, -0.2) is 29.1 Å². The lowest BCUT2D eigenvalue weighted by Crippen LogP contribution is -2.32. The summed E-state index contributed by atoms with van der Waals surface area (Å²) in [6, 6.07) is 10.3. The average Bonchev–Trinajstić information content (AvgIpc) is 2.65. The van der Waals surface area contributed by atoms with Crippen molar-refractivity contribution in [1.29, 1.82) is 0 Å². The first-order chi connectivity index (χ1) is 13.0. The van der Waals surface area contributed by atoms with E-state index in [9.17, 15) is 9.59 Å². The third-order valence-electron chi connectivity index (χ3n) is 3.76. The maximum absolute atomic E-state index is 12.6. The Bertz CT molecular complexity index is 1120. The molecule has 3 rings (SSSR count). The monoisotopic (exact) mass is 431 g/mol. The largest absolute Gasteiger partial charge is 0.493 e. The van der Waals surface area contributed by atoms with Crippen LogP contribution in [0.3, 0.4) is 0 Å². The highest BCUT2D eigenvalue weighted by atomic mass is 79.9. The van der Waals surface area contributed by atoms with Gasteiger partial charge in [-0.15, -0.1) is 4.68 Å². The Balaban J connectivity index is 2.08. The summed E-state index contributed by atoms with van der Waals surface area (Å²) in [5.41, 5.74) is -0.0316. The molecule has 0 bridgehead atoms. The van der Waals surface area contributed by atoms with Crippen molar-refractivity contribution in [1.82, 2.24) is 9.66 Å². The fraction of sp³-hybridized carbons (Fsp3) is 0.211. The van der Waals surface area contributed by atoms with Gasteiger partial charge in [0.1, 0.15) is 11.5 Å². The molecule has 8 heteroatoms. The molecule has 140 valence electrons. The molecule has 0 amide bonds. The molecule has 0 aliphatic rings. The summed E-state index contributed by atoms with van der Waals surface area (Å²) in [6.07, 6.45) is 1.41. The van der Waals surface area contributed by atoms with Crippen molar-refractivity contribution >= 4 is 33.0 Å². The van der Waals surface area contributed by atoms with Crippen LogP contribution in [0.5, 0.6) is 11.5 Å². The van der Waals surface area contributed by atoms with Gasteiger partial charge in [0.25, 0.3) is 5.56 Å². The molecule has 0 unspecified atom stereocenters. The van der Waals surface area contributed by atoms with Crippen molar-refractivity contribution in [3.63, 3.8) is 0 Å². The number of aromatic amines is 1. The quantitative estimate of drug-likeness (QED) is 0.607. The number of ether oxygens (including phenoxy) is 2. The number of benzene rings is 2. The van der Waals surface area contributed by atoms with Crippen molar-refractivity contribution in [2.75, 3.05) is 13.2 Å². The molecule has 0 radical (unpaired) electrons. The fourth-order valence-corrected chi connectivity index (χ4v) is 3.05. The molecular formula is C19H18BrN3O4. The Kier molecular flexibility index (Phi) is 5.75. The number of rotatable bonds is 6. The molecule has 0 saturated heterocycles. The van der Waals surface area contributed by atoms with Crippen LogP contribution in [-0.2, 0) is 0 Å². The lowest BCUT2D eigenvalue weighted by atomic mass is 10.2. The van der Waals surface area contributed by atoms with E-state index >= 15 is 0 Å². The van der Waals surface area contributed by atoms with Crippen LogP contribution in [0.15, 0.2) is 55.6 Å². The normalized spacial score (nSPS) is 11.2. The zero-order chi connectivity index (χ0) is 19.4. The first kappa shape index (κ1) is 18.9. The Labute approximate surface area is 163 Å². The molecule has 0 fully saturated rings. The predicted molar refractivity (Wildman–Crippen MR) is 108 cm³/mol. The number of nitrogens with zero attached hydrogens (tertiary/aromatic N) is 2. The first-order valence-corrected chi connectivity index (χ1v) is 9.22. The minimum absolute atomic E-state index is 0.382. The number of halogens is 1. The summed E-state index contributed by atoms with van der Waals surface area (Å²) in [4.78, 5) is 27.4. The summed E-state index contributed by atoms with van der Waals surface area (Å²) in [5.74, 6) is 1.18. The van der Waals surface area contributed by atoms with Crippen molar-refractivity contribution < 1.29 is 9.47 Å². The van der Waals surface area contributed by atoms with Gasteiger partial charge in [-0.25, -0.2) is 4.79 Å². The third-order valence-corrected chi connectivity index (χ3v) is 4.38. The van der Waals surface area contributed by atoms with E-state index in [-0.39, 0.29) is 0 Å². The van der Waals surface area contributed by atoms with Crippen molar-refractivity contribution in [3.05, 3.63) is 67.3 Å². The van der Waals surface area contributed by atoms with E-state index < -0.39 is 11.2 Å². The van der Waals surface area contributed by atoms with E-state index in [1.165, 1.54) is 6.21 Å². The fourth-order valence-electron chi connectivity index (χ4n) is 2.58. The standard InChI is InChI=1S/C19H18BrN3O4/c1-3-26-16-10-17(27-4-2)14(20)9-12(16)11-21-23-18(24)13-7-5-6-8-15(13)22-19(23)25/h5-11H,3-4H2,1-2H3,(H,22,25). The van der Waals surface area contributed by atoms with Gasteiger partial charge in [-0.05, 0) is 48.0 Å². The van der Waals surface area contributed by atoms with E-state index in [1.54, 1.807) is 36.4 Å². The number of fused-ring (bicyclic) bond motifs is 1. The van der Waals surface area contributed by atoms with Gasteiger partial charge >= 0.3 is 5.69 Å². The van der Waals surface area contributed by atoms with E-state index in [1.807, 2.05) is 13.8 Å². The molecule has 0 spiro atoms. The second-order valence-electron chi connectivity index (χ2n) is 5.52. The second kappa shape index (κ2) is 8.22. The zero-order valence-electron chi connectivity index (χ0n) is 14.9. The van der Waals surface area contributed by atoms with Crippen LogP contribution in [0.4, 0.5) is 0 Å². The molecule has 0 atom stereocenters. The molecule has 0 aliphatic carbocycles. The summed E-state index contributed by atoms with van der Waals surface area (Å²) in [5, 5.41) is 4.46. The number of H-pyrrole nitrogens is 1. The van der Waals surface area contributed by atoms with E-state index in [4.69, 9.17) is 9.47 Å². The molecular weight excluding hydrogens is 414 g/mol. The van der Waals surface area contributed by atoms with Gasteiger partial charge in [-0.2, -0.15) is 5.10 Å². The highest BCUT2D eigenvalue weighted by Gasteiger charge is 2.10. The van der Waals surface area contributed by atoms with Crippen LogP contribution in [0.25, 0.3) is 10.9 Å². The van der Waals surface area contributed by atoms with Gasteiger partial charge in [0, 0.05) is 11.6 Å². The summed E-state index contributed by atoms with van der Waals surface area (Å²) < 4.78 is 12.7. The molecule has 27 heavy (non-hydrogen) atoms. The Morgan fingerprint density at radius 2 is 1.81 bits per heavy atom. The number of hydrogen-bond donors (Lipinski definition) is 1. The lowest BCUT2D eigenvalue weighted by Gasteiger charge is -2.12. The topological polar surface area (TPSA) is 85.7 Å². The van der Waals surface area contributed by atoms with Crippen molar-refractivity contribution in [2.24, 2.45) is 5.10 Å². The predicted octanol–water partition coefficient (Wildman–Crippen LogP) is 3.13. The summed E-state index contributed by atoms with van der Waals surface area (Å²) >= 11 is 3.44. The molecule has 1 aromatic heterocycles. The van der Waals surface area contributed by atoms with E-state index in [0.29, 0.717) is 45.7 Å². The number of aromatic nitrogens is 2. The Hall–Kier alpha value is -2.87. The maximum Gasteiger partial charge on any atom is 0.349 e. The van der Waals surface area contributed by atoms with E-state index in [2.05, 4.69) is 26.0 Å². The average molecular weight is 432 g/mol. The van der Waals surface area contributed by atoms with Gasteiger partial charge in [0.05, 0.1) is 34.8 Å². The number of hydrogen-bond acceptors (Lipinski definition) is 5. The summed E-state index contributed by atoms with van der Waals surface area (Å²) in [7, 11) is 0. The van der Waals surface area contributed by atoms with Crippen LogP contribution < -0.4 is 20.7 Å². The molecule has 3 aromatic rings. The van der Waals surface area contributed by atoms with Gasteiger partial charge in [0.15, 0.2) is 0 Å². The molecule has 1 N–H and O–H groups in total. The van der Waals surface area contributed by atoms with Crippen molar-refractivity contribution in [3.8, 4) is 11.5 Å². The molecule has 2 aromatic carbocycles. The van der Waals surface area contributed by atoms with Crippen LogP contribution in [0.2, 0.25) is 0 Å². The van der Waals surface area contributed by atoms with E-state index in [0.717, 1.165) is 4.68 Å². The minimum atomic E-state index is -0.613. The lowest BCUT2D eigenvalue weighted by molar-refractivity contribution is 0.321. The van der Waals surface area contributed by atoms with Gasteiger partial charge in [-0.3, -0.25) is 4.79 Å². The van der Waals surface area contributed by atoms with Gasteiger partial charge in [-0.1, -0.05) is 12.1 Å².